The van der Waals surface area contributed by atoms with Crippen LogP contribution in [0.5, 0.6) is 5.75 Å². The van der Waals surface area contributed by atoms with Crippen LogP contribution >= 0.6 is 11.7 Å². The molecule has 1 aromatic heterocycles. The average Bonchev–Trinajstić information content (AvgIpc) is 3.36. The predicted molar refractivity (Wildman–Crippen MR) is 117 cm³/mol. The summed E-state index contributed by atoms with van der Waals surface area (Å²) in [6.45, 7) is 0. The molecule has 1 atom stereocenters. The minimum Gasteiger partial charge on any atom is -0.496 e. The Bertz CT molecular complexity index is 1320. The second kappa shape index (κ2) is 7.61. The molecule has 0 aliphatic carbocycles. The maximum absolute atomic E-state index is 13.1. The van der Waals surface area contributed by atoms with E-state index < -0.39 is 11.8 Å². The quantitative estimate of drug-likeness (QED) is 0.480. The first-order chi connectivity index (χ1) is 15.1. The molecule has 0 bridgehead atoms. The zero-order valence-corrected chi connectivity index (χ0v) is 17.4. The lowest BCUT2D eigenvalue weighted by Gasteiger charge is -2.26. The fourth-order valence-corrected chi connectivity index (χ4v) is 4.43. The van der Waals surface area contributed by atoms with Crippen LogP contribution in [0.4, 0.5) is 0 Å². The summed E-state index contributed by atoms with van der Waals surface area (Å²) >= 11 is 1.11. The SMILES string of the molecule is COc1ccccc1CC1=C(c2ccc3nsnc3c2)C(=O)OC1(O)c1ccccc1. The number of fused-ring (bicyclic) bond motifs is 1. The van der Waals surface area contributed by atoms with Crippen molar-refractivity contribution in [1.82, 2.24) is 8.75 Å². The number of nitrogens with zero attached hydrogens (tertiary/aromatic N) is 2. The van der Waals surface area contributed by atoms with E-state index in [-0.39, 0.29) is 6.42 Å². The molecule has 2 heterocycles. The number of carbonyl (C=O) groups excluding carboxylic acids is 1. The molecule has 0 radical (unpaired) electrons. The van der Waals surface area contributed by atoms with Crippen LogP contribution in [0, 0.1) is 0 Å². The first-order valence-electron chi connectivity index (χ1n) is 9.69. The third-order valence-corrected chi connectivity index (χ3v) is 5.98. The number of esters is 1. The number of carbonyl (C=O) groups is 1. The van der Waals surface area contributed by atoms with Crippen molar-refractivity contribution in [3.05, 3.63) is 95.1 Å². The minimum atomic E-state index is -1.89. The van der Waals surface area contributed by atoms with Crippen molar-refractivity contribution in [3.8, 4) is 5.75 Å². The molecule has 7 heteroatoms. The lowest BCUT2D eigenvalue weighted by atomic mass is 9.88. The van der Waals surface area contributed by atoms with E-state index >= 15 is 0 Å². The second-order valence-corrected chi connectivity index (χ2v) is 7.74. The number of para-hydroxylation sites is 1. The van der Waals surface area contributed by atoms with Crippen LogP contribution in [0.2, 0.25) is 0 Å². The second-order valence-electron chi connectivity index (χ2n) is 7.21. The number of methoxy groups -OCH3 is 1. The van der Waals surface area contributed by atoms with Crippen LogP contribution < -0.4 is 4.74 Å². The van der Waals surface area contributed by atoms with Gasteiger partial charge in [0.15, 0.2) is 0 Å². The van der Waals surface area contributed by atoms with Gasteiger partial charge in [0.1, 0.15) is 16.8 Å². The molecule has 0 spiro atoms. The molecule has 31 heavy (non-hydrogen) atoms. The Kier molecular flexibility index (Phi) is 4.77. The minimum absolute atomic E-state index is 0.268. The number of benzene rings is 3. The maximum Gasteiger partial charge on any atom is 0.342 e. The summed E-state index contributed by atoms with van der Waals surface area (Å²) in [5.74, 6) is -1.80. The van der Waals surface area contributed by atoms with Gasteiger partial charge in [0.2, 0.25) is 0 Å². The molecule has 5 rings (SSSR count). The standard InChI is InChI=1S/C24H18N2O4S/c1-29-21-10-6-5-7-15(21)13-18-22(16-11-12-19-20(14-16)26-31-25-19)23(27)30-24(18,28)17-8-3-2-4-9-17/h2-12,14,28H,13H2,1H3. The summed E-state index contributed by atoms with van der Waals surface area (Å²) in [7, 11) is 1.59. The Labute approximate surface area is 182 Å². The van der Waals surface area contributed by atoms with Crippen molar-refractivity contribution in [2.45, 2.75) is 12.2 Å². The van der Waals surface area contributed by atoms with Gasteiger partial charge < -0.3 is 14.6 Å². The monoisotopic (exact) mass is 430 g/mol. The number of ether oxygens (including phenoxy) is 2. The Balaban J connectivity index is 1.73. The molecule has 0 fully saturated rings. The molecule has 1 N–H and O–H groups in total. The summed E-state index contributed by atoms with van der Waals surface area (Å²) in [6, 6.07) is 21.9. The highest BCUT2D eigenvalue weighted by Crippen LogP contribution is 2.45. The molecule has 0 amide bonds. The lowest BCUT2D eigenvalue weighted by molar-refractivity contribution is -0.185. The molecule has 0 saturated carbocycles. The van der Waals surface area contributed by atoms with Crippen molar-refractivity contribution in [3.63, 3.8) is 0 Å². The molecule has 1 aliphatic rings. The zero-order chi connectivity index (χ0) is 21.4. The van der Waals surface area contributed by atoms with Gasteiger partial charge in [0.05, 0.1) is 24.4 Å². The van der Waals surface area contributed by atoms with Gasteiger partial charge in [-0.05, 0) is 29.3 Å². The van der Waals surface area contributed by atoms with E-state index in [0.717, 1.165) is 22.8 Å². The first-order valence-corrected chi connectivity index (χ1v) is 10.4. The van der Waals surface area contributed by atoms with Gasteiger partial charge in [-0.15, -0.1) is 0 Å². The largest absolute Gasteiger partial charge is 0.496 e. The molecular formula is C24H18N2O4S. The van der Waals surface area contributed by atoms with Crippen LogP contribution in [0.15, 0.2) is 78.4 Å². The Morgan fingerprint density at radius 2 is 1.74 bits per heavy atom. The highest BCUT2D eigenvalue weighted by molar-refractivity contribution is 7.00. The number of hydrogen-bond acceptors (Lipinski definition) is 7. The molecule has 3 aromatic carbocycles. The van der Waals surface area contributed by atoms with E-state index in [1.807, 2.05) is 36.4 Å². The molecule has 4 aromatic rings. The summed E-state index contributed by atoms with van der Waals surface area (Å²) < 4.78 is 19.6. The molecule has 1 aliphatic heterocycles. The van der Waals surface area contributed by atoms with Gasteiger partial charge in [-0.1, -0.05) is 54.6 Å². The van der Waals surface area contributed by atoms with Gasteiger partial charge in [-0.3, -0.25) is 0 Å². The lowest BCUT2D eigenvalue weighted by Crippen LogP contribution is -2.29. The smallest absolute Gasteiger partial charge is 0.342 e. The number of aliphatic hydroxyl groups is 1. The third-order valence-electron chi connectivity index (χ3n) is 5.42. The van der Waals surface area contributed by atoms with E-state index in [4.69, 9.17) is 9.47 Å². The van der Waals surface area contributed by atoms with Gasteiger partial charge in [0.25, 0.3) is 5.79 Å². The van der Waals surface area contributed by atoms with E-state index in [1.54, 1.807) is 43.5 Å². The van der Waals surface area contributed by atoms with Crippen LogP contribution in [-0.2, 0) is 21.7 Å². The third kappa shape index (κ3) is 3.28. The van der Waals surface area contributed by atoms with Crippen LogP contribution in [-0.4, -0.2) is 26.9 Å². The van der Waals surface area contributed by atoms with Gasteiger partial charge in [-0.2, -0.15) is 8.75 Å². The van der Waals surface area contributed by atoms with Crippen molar-refractivity contribution in [2.75, 3.05) is 7.11 Å². The fourth-order valence-electron chi connectivity index (χ4n) is 3.91. The van der Waals surface area contributed by atoms with Crippen molar-refractivity contribution < 1.29 is 19.4 Å². The number of hydrogen-bond donors (Lipinski definition) is 1. The average molecular weight is 430 g/mol. The van der Waals surface area contributed by atoms with E-state index in [1.165, 1.54) is 0 Å². The highest BCUT2D eigenvalue weighted by Gasteiger charge is 2.48. The normalized spacial score (nSPS) is 18.5. The van der Waals surface area contributed by atoms with Crippen LogP contribution in [0.25, 0.3) is 16.6 Å². The number of cyclic esters (lactones) is 1. The summed E-state index contributed by atoms with van der Waals surface area (Å²) in [4.78, 5) is 13.1. The van der Waals surface area contributed by atoms with Crippen molar-refractivity contribution in [2.24, 2.45) is 0 Å². The van der Waals surface area contributed by atoms with E-state index in [0.29, 0.717) is 33.5 Å². The molecule has 1 unspecified atom stereocenters. The van der Waals surface area contributed by atoms with Crippen LogP contribution in [0.3, 0.4) is 0 Å². The van der Waals surface area contributed by atoms with Gasteiger partial charge >= 0.3 is 5.97 Å². The summed E-state index contributed by atoms with van der Waals surface area (Å²) in [5, 5.41) is 11.7. The Morgan fingerprint density at radius 3 is 2.55 bits per heavy atom. The first kappa shape index (κ1) is 19.4. The highest BCUT2D eigenvalue weighted by atomic mass is 32.1. The Hall–Kier alpha value is -3.55. The zero-order valence-electron chi connectivity index (χ0n) is 16.6. The van der Waals surface area contributed by atoms with Crippen molar-refractivity contribution in [1.29, 1.82) is 0 Å². The van der Waals surface area contributed by atoms with E-state index in [2.05, 4.69) is 8.75 Å². The summed E-state index contributed by atoms with van der Waals surface area (Å²) in [5.41, 5.74) is 4.17. The Morgan fingerprint density at radius 1 is 1.00 bits per heavy atom. The van der Waals surface area contributed by atoms with Crippen LogP contribution in [0.1, 0.15) is 16.7 Å². The fraction of sp³-hybridized carbons (Fsp3) is 0.125. The van der Waals surface area contributed by atoms with E-state index in [9.17, 15) is 9.90 Å². The molecular weight excluding hydrogens is 412 g/mol. The molecule has 6 nitrogen and oxygen atoms in total. The topological polar surface area (TPSA) is 81.5 Å². The predicted octanol–water partition coefficient (Wildman–Crippen LogP) is 4.10. The molecule has 0 saturated heterocycles. The van der Waals surface area contributed by atoms with Gasteiger partial charge in [-0.25, -0.2) is 4.79 Å². The number of aromatic nitrogens is 2. The van der Waals surface area contributed by atoms with Crippen molar-refractivity contribution >= 4 is 34.3 Å². The molecule has 154 valence electrons. The summed E-state index contributed by atoms with van der Waals surface area (Å²) in [6.07, 6.45) is 0.268. The maximum atomic E-state index is 13.1. The number of rotatable bonds is 5. The van der Waals surface area contributed by atoms with Gasteiger partial charge in [0, 0.05) is 17.6 Å².